The molecule has 3 rings (SSSR count). The third-order valence-corrected chi connectivity index (χ3v) is 3.72. The first kappa shape index (κ1) is 12.6. The smallest absolute Gasteiger partial charge is 0.0678 e. The van der Waals surface area contributed by atoms with Gasteiger partial charge in [-0.1, -0.05) is 36.4 Å². The molecule has 1 fully saturated rings. The minimum atomic E-state index is 0.337. The van der Waals surface area contributed by atoms with Gasteiger partial charge in [-0.2, -0.15) is 0 Å². The summed E-state index contributed by atoms with van der Waals surface area (Å²) in [6.45, 7) is 7.38. The SMILES string of the molecule is CC1CN(Cc2ccc3ccccc3c2)CC(C)O1. The minimum absolute atomic E-state index is 0.337. The predicted octanol–water partition coefficient (Wildman–Crippen LogP) is 3.45. The van der Waals surface area contributed by atoms with Crippen LogP contribution in [0.2, 0.25) is 0 Å². The van der Waals surface area contributed by atoms with Crippen LogP contribution in [-0.2, 0) is 11.3 Å². The Morgan fingerprint density at radius 3 is 2.42 bits per heavy atom. The van der Waals surface area contributed by atoms with Crippen LogP contribution in [0.4, 0.5) is 0 Å². The predicted molar refractivity (Wildman–Crippen MR) is 79.2 cm³/mol. The van der Waals surface area contributed by atoms with E-state index in [0.717, 1.165) is 19.6 Å². The summed E-state index contributed by atoms with van der Waals surface area (Å²) in [4.78, 5) is 2.49. The van der Waals surface area contributed by atoms with E-state index in [4.69, 9.17) is 4.74 Å². The second-order valence-electron chi connectivity index (χ2n) is 5.63. The number of ether oxygens (including phenoxy) is 1. The molecular formula is C17H21NO. The van der Waals surface area contributed by atoms with Crippen LogP contribution in [0, 0.1) is 0 Å². The first-order chi connectivity index (χ1) is 9.20. The maximum Gasteiger partial charge on any atom is 0.0678 e. The molecule has 1 aliphatic heterocycles. The fourth-order valence-corrected chi connectivity index (χ4v) is 3.01. The van der Waals surface area contributed by atoms with Gasteiger partial charge in [-0.3, -0.25) is 4.90 Å². The van der Waals surface area contributed by atoms with Gasteiger partial charge in [0.25, 0.3) is 0 Å². The Morgan fingerprint density at radius 1 is 1.00 bits per heavy atom. The van der Waals surface area contributed by atoms with Crippen LogP contribution in [-0.4, -0.2) is 30.2 Å². The highest BCUT2D eigenvalue weighted by molar-refractivity contribution is 5.82. The van der Waals surface area contributed by atoms with Crippen LogP contribution in [0.3, 0.4) is 0 Å². The van der Waals surface area contributed by atoms with E-state index in [1.54, 1.807) is 0 Å². The van der Waals surface area contributed by atoms with Gasteiger partial charge in [-0.25, -0.2) is 0 Å². The number of rotatable bonds is 2. The molecule has 0 aliphatic carbocycles. The Bertz CT molecular complexity index is 556. The highest BCUT2D eigenvalue weighted by Gasteiger charge is 2.21. The lowest BCUT2D eigenvalue weighted by Crippen LogP contribution is -2.44. The van der Waals surface area contributed by atoms with Crippen molar-refractivity contribution in [3.05, 3.63) is 48.0 Å². The van der Waals surface area contributed by atoms with Gasteiger partial charge in [-0.15, -0.1) is 0 Å². The van der Waals surface area contributed by atoms with Crippen LogP contribution >= 0.6 is 0 Å². The number of benzene rings is 2. The fourth-order valence-electron chi connectivity index (χ4n) is 3.01. The van der Waals surface area contributed by atoms with Crippen LogP contribution < -0.4 is 0 Å². The van der Waals surface area contributed by atoms with E-state index in [1.165, 1.54) is 16.3 Å². The van der Waals surface area contributed by atoms with Crippen LogP contribution in [0.15, 0.2) is 42.5 Å². The van der Waals surface area contributed by atoms with Gasteiger partial charge in [0.2, 0.25) is 0 Å². The molecule has 2 unspecified atom stereocenters. The molecule has 2 heteroatoms. The Morgan fingerprint density at radius 2 is 1.68 bits per heavy atom. The average molecular weight is 255 g/mol. The lowest BCUT2D eigenvalue weighted by Gasteiger charge is -2.35. The molecule has 1 heterocycles. The highest BCUT2D eigenvalue weighted by atomic mass is 16.5. The first-order valence-electron chi connectivity index (χ1n) is 7.06. The molecule has 2 aromatic carbocycles. The second kappa shape index (κ2) is 5.32. The van der Waals surface area contributed by atoms with Crippen molar-refractivity contribution in [2.75, 3.05) is 13.1 Å². The number of nitrogens with zero attached hydrogens (tertiary/aromatic N) is 1. The molecule has 0 saturated carbocycles. The molecule has 0 spiro atoms. The van der Waals surface area contributed by atoms with Gasteiger partial charge in [0.05, 0.1) is 12.2 Å². The van der Waals surface area contributed by atoms with E-state index < -0.39 is 0 Å². The van der Waals surface area contributed by atoms with Gasteiger partial charge in [0.15, 0.2) is 0 Å². The Balaban J connectivity index is 1.77. The van der Waals surface area contributed by atoms with Crippen molar-refractivity contribution < 1.29 is 4.74 Å². The summed E-state index contributed by atoms with van der Waals surface area (Å²) in [5.74, 6) is 0. The average Bonchev–Trinajstić information content (AvgIpc) is 2.37. The molecule has 19 heavy (non-hydrogen) atoms. The molecule has 2 atom stereocenters. The van der Waals surface area contributed by atoms with Gasteiger partial charge in [-0.05, 0) is 36.2 Å². The first-order valence-corrected chi connectivity index (χ1v) is 7.06. The van der Waals surface area contributed by atoms with Crippen molar-refractivity contribution in [1.82, 2.24) is 4.90 Å². The monoisotopic (exact) mass is 255 g/mol. The summed E-state index contributed by atoms with van der Waals surface area (Å²) >= 11 is 0. The molecule has 0 bridgehead atoms. The maximum atomic E-state index is 5.78. The van der Waals surface area contributed by atoms with Gasteiger partial charge in [0.1, 0.15) is 0 Å². The topological polar surface area (TPSA) is 12.5 Å². The quantitative estimate of drug-likeness (QED) is 0.815. The zero-order chi connectivity index (χ0) is 13.2. The molecule has 1 aliphatic rings. The Kier molecular flexibility index (Phi) is 3.54. The lowest BCUT2D eigenvalue weighted by atomic mass is 10.1. The zero-order valence-electron chi connectivity index (χ0n) is 11.7. The summed E-state index contributed by atoms with van der Waals surface area (Å²) in [6, 6.07) is 15.3. The van der Waals surface area contributed by atoms with Crippen molar-refractivity contribution >= 4 is 10.8 Å². The molecule has 0 aromatic heterocycles. The van der Waals surface area contributed by atoms with Crippen molar-refractivity contribution in [2.45, 2.75) is 32.6 Å². The summed E-state index contributed by atoms with van der Waals surface area (Å²) in [6.07, 6.45) is 0.674. The van der Waals surface area contributed by atoms with E-state index >= 15 is 0 Å². The Hall–Kier alpha value is -1.38. The molecule has 0 radical (unpaired) electrons. The molecule has 100 valence electrons. The van der Waals surface area contributed by atoms with E-state index in [0.29, 0.717) is 12.2 Å². The third kappa shape index (κ3) is 2.96. The number of morpholine rings is 1. The van der Waals surface area contributed by atoms with E-state index in [9.17, 15) is 0 Å². The van der Waals surface area contributed by atoms with Gasteiger partial charge in [0, 0.05) is 19.6 Å². The summed E-state index contributed by atoms with van der Waals surface area (Å²) in [5.41, 5.74) is 1.39. The summed E-state index contributed by atoms with van der Waals surface area (Å²) in [7, 11) is 0. The summed E-state index contributed by atoms with van der Waals surface area (Å²) < 4.78 is 5.78. The minimum Gasteiger partial charge on any atom is -0.373 e. The maximum absolute atomic E-state index is 5.78. The molecule has 1 saturated heterocycles. The molecule has 0 N–H and O–H groups in total. The number of hydrogen-bond acceptors (Lipinski definition) is 2. The van der Waals surface area contributed by atoms with Crippen molar-refractivity contribution in [3.63, 3.8) is 0 Å². The van der Waals surface area contributed by atoms with Gasteiger partial charge < -0.3 is 4.74 Å². The molecular weight excluding hydrogens is 234 g/mol. The largest absolute Gasteiger partial charge is 0.373 e. The van der Waals surface area contributed by atoms with Crippen LogP contribution in [0.25, 0.3) is 10.8 Å². The molecule has 2 nitrogen and oxygen atoms in total. The lowest BCUT2D eigenvalue weighted by molar-refractivity contribution is -0.0704. The fraction of sp³-hybridized carbons (Fsp3) is 0.412. The molecule has 2 aromatic rings. The van der Waals surface area contributed by atoms with Crippen LogP contribution in [0.5, 0.6) is 0 Å². The van der Waals surface area contributed by atoms with Crippen molar-refractivity contribution in [3.8, 4) is 0 Å². The van der Waals surface area contributed by atoms with Crippen LogP contribution in [0.1, 0.15) is 19.4 Å². The second-order valence-corrected chi connectivity index (χ2v) is 5.63. The summed E-state index contributed by atoms with van der Waals surface area (Å²) in [5, 5.41) is 2.64. The Labute approximate surface area is 115 Å². The highest BCUT2D eigenvalue weighted by Crippen LogP contribution is 2.19. The van der Waals surface area contributed by atoms with E-state index in [-0.39, 0.29) is 0 Å². The number of hydrogen-bond donors (Lipinski definition) is 0. The number of fused-ring (bicyclic) bond motifs is 1. The zero-order valence-corrected chi connectivity index (χ0v) is 11.7. The third-order valence-electron chi connectivity index (χ3n) is 3.72. The van der Waals surface area contributed by atoms with Crippen molar-refractivity contribution in [2.24, 2.45) is 0 Å². The van der Waals surface area contributed by atoms with E-state index in [1.807, 2.05) is 0 Å². The molecule has 0 amide bonds. The van der Waals surface area contributed by atoms with Gasteiger partial charge >= 0.3 is 0 Å². The van der Waals surface area contributed by atoms with E-state index in [2.05, 4.69) is 61.2 Å². The normalized spacial score (nSPS) is 24.7. The standard InChI is InChI=1S/C17H21NO/c1-13-10-18(11-14(2)19-13)12-15-7-8-16-5-3-4-6-17(16)9-15/h3-9,13-14H,10-12H2,1-2H3. The van der Waals surface area contributed by atoms with Crippen molar-refractivity contribution in [1.29, 1.82) is 0 Å².